The van der Waals surface area contributed by atoms with Crippen molar-refractivity contribution in [3.63, 3.8) is 0 Å². The standard InChI is InChI=1S/C9H16N2.C8H10O3S.C4H9NO/c1-2-10-8-11-9-6-4-3-5-7-9;1-7-3-5-8(6-4-7)12(9,10)11-2;1-3-6-4-2-5-1/h9H,2-7H2,1H3;3-6H,1-2H3;5H,1-4H2. The van der Waals surface area contributed by atoms with Crippen molar-refractivity contribution < 1.29 is 17.3 Å². The summed E-state index contributed by atoms with van der Waals surface area (Å²) in [5, 5.41) is 3.16. The molecule has 2 aliphatic rings. The van der Waals surface area contributed by atoms with Crippen LogP contribution in [0.5, 0.6) is 0 Å². The maximum absolute atomic E-state index is 11.1. The lowest BCUT2D eigenvalue weighted by atomic mass is 9.96. The van der Waals surface area contributed by atoms with Gasteiger partial charge in [0.2, 0.25) is 0 Å². The van der Waals surface area contributed by atoms with Crippen molar-refractivity contribution in [2.75, 3.05) is 40.0 Å². The number of benzene rings is 1. The molecule has 0 aromatic heterocycles. The summed E-state index contributed by atoms with van der Waals surface area (Å²) in [6, 6.07) is 9.78. The van der Waals surface area contributed by atoms with E-state index in [2.05, 4.69) is 25.5 Å². The van der Waals surface area contributed by atoms with Crippen LogP contribution in [0.1, 0.15) is 44.6 Å². The van der Waals surface area contributed by atoms with Crippen LogP contribution >= 0.6 is 0 Å². The molecule has 1 aliphatic heterocycles. The molecule has 164 valence electrons. The molecule has 1 N–H and O–H groups in total. The summed E-state index contributed by atoms with van der Waals surface area (Å²) < 4.78 is 31.5. The van der Waals surface area contributed by atoms with Gasteiger partial charge in [0, 0.05) is 19.6 Å². The molecule has 1 heterocycles. The van der Waals surface area contributed by atoms with Gasteiger partial charge in [0.25, 0.3) is 10.1 Å². The maximum atomic E-state index is 11.1. The van der Waals surface area contributed by atoms with Gasteiger partial charge in [0.15, 0.2) is 0 Å². The van der Waals surface area contributed by atoms with Gasteiger partial charge in [-0.3, -0.25) is 4.18 Å². The third-order valence-electron chi connectivity index (χ3n) is 4.42. The predicted molar refractivity (Wildman–Crippen MR) is 116 cm³/mol. The number of hydrogen-bond acceptors (Lipinski definition) is 7. The summed E-state index contributed by atoms with van der Waals surface area (Å²) >= 11 is 0. The molecular formula is C21H35N3O4S. The summed E-state index contributed by atoms with van der Waals surface area (Å²) in [4.78, 5) is 8.40. The predicted octanol–water partition coefficient (Wildman–Crippen LogP) is 3.45. The van der Waals surface area contributed by atoms with E-state index in [1.54, 1.807) is 12.1 Å². The molecule has 29 heavy (non-hydrogen) atoms. The molecule has 8 heteroatoms. The first kappa shape index (κ1) is 25.5. The average molecular weight is 426 g/mol. The second kappa shape index (κ2) is 15.3. The van der Waals surface area contributed by atoms with E-state index in [4.69, 9.17) is 4.74 Å². The fourth-order valence-electron chi connectivity index (χ4n) is 2.72. The molecule has 1 aromatic carbocycles. The molecular weight excluding hydrogens is 390 g/mol. The van der Waals surface area contributed by atoms with Gasteiger partial charge < -0.3 is 10.1 Å². The number of morpholine rings is 1. The molecule has 0 unspecified atom stereocenters. The Balaban J connectivity index is 0.000000229. The summed E-state index contributed by atoms with van der Waals surface area (Å²) in [5.74, 6) is 0. The first-order valence-corrected chi connectivity index (χ1v) is 11.7. The normalized spacial score (nSPS) is 16.9. The fraction of sp³-hybridized carbons (Fsp3) is 0.667. The first-order chi connectivity index (χ1) is 14.0. The molecule has 0 amide bonds. The Morgan fingerprint density at radius 3 is 2.21 bits per heavy atom. The van der Waals surface area contributed by atoms with Gasteiger partial charge in [-0.1, -0.05) is 37.0 Å². The number of aliphatic imine (C=N–C) groups is 2. The summed E-state index contributed by atoms with van der Waals surface area (Å²) in [5.41, 5.74) is 1.02. The number of rotatable bonds is 4. The number of hydrogen-bond donors (Lipinski definition) is 1. The van der Waals surface area contributed by atoms with Gasteiger partial charge in [-0.05, 0) is 38.8 Å². The Bertz CT molecular complexity index is 692. The zero-order chi connectivity index (χ0) is 21.4. The molecule has 7 nitrogen and oxygen atoms in total. The van der Waals surface area contributed by atoms with E-state index in [-0.39, 0.29) is 4.90 Å². The Kier molecular flexibility index (Phi) is 13.4. The van der Waals surface area contributed by atoms with Crippen LogP contribution in [0.4, 0.5) is 0 Å². The lowest BCUT2D eigenvalue weighted by Crippen LogP contribution is -2.30. The lowest BCUT2D eigenvalue weighted by molar-refractivity contribution is 0.109. The summed E-state index contributed by atoms with van der Waals surface area (Å²) in [6.07, 6.45) is 6.54. The van der Waals surface area contributed by atoms with E-state index in [0.29, 0.717) is 6.04 Å². The molecule has 1 saturated carbocycles. The molecule has 3 rings (SSSR count). The van der Waals surface area contributed by atoms with Gasteiger partial charge in [0.1, 0.15) is 0 Å². The van der Waals surface area contributed by atoms with Crippen LogP contribution in [0.15, 0.2) is 39.1 Å². The largest absolute Gasteiger partial charge is 0.379 e. The van der Waals surface area contributed by atoms with E-state index >= 15 is 0 Å². The fourth-order valence-corrected chi connectivity index (χ4v) is 3.38. The average Bonchev–Trinajstić information content (AvgIpc) is 2.77. The van der Waals surface area contributed by atoms with E-state index in [0.717, 1.165) is 45.5 Å². The van der Waals surface area contributed by atoms with Crippen molar-refractivity contribution in [1.82, 2.24) is 5.32 Å². The molecule has 0 bridgehead atoms. The van der Waals surface area contributed by atoms with Crippen LogP contribution in [0.25, 0.3) is 0 Å². The third-order valence-corrected chi connectivity index (χ3v) is 5.71. The Morgan fingerprint density at radius 2 is 1.76 bits per heavy atom. The lowest BCUT2D eigenvalue weighted by Gasteiger charge is -2.15. The minimum absolute atomic E-state index is 0.190. The van der Waals surface area contributed by atoms with Crippen molar-refractivity contribution in [3.05, 3.63) is 29.8 Å². The monoisotopic (exact) mass is 425 g/mol. The Hall–Kier alpha value is -1.57. The number of nitrogens with one attached hydrogen (secondary N) is 1. The van der Waals surface area contributed by atoms with Crippen molar-refractivity contribution in [2.24, 2.45) is 9.98 Å². The Morgan fingerprint density at radius 1 is 1.14 bits per heavy atom. The van der Waals surface area contributed by atoms with E-state index in [1.807, 2.05) is 13.8 Å². The SMILES string of the molecule is C1COCCN1.CCN=C=NC1CCCCC1.COS(=O)(=O)c1ccc(C)cc1. The van der Waals surface area contributed by atoms with Gasteiger partial charge in [-0.15, -0.1) is 0 Å². The Labute approximate surface area is 175 Å². The number of nitrogens with zero attached hydrogens (tertiary/aromatic N) is 2. The molecule has 0 radical (unpaired) electrons. The minimum atomic E-state index is -3.51. The smallest absolute Gasteiger partial charge is 0.296 e. The minimum Gasteiger partial charge on any atom is -0.379 e. The quantitative estimate of drug-likeness (QED) is 0.589. The van der Waals surface area contributed by atoms with Crippen LogP contribution < -0.4 is 5.32 Å². The zero-order valence-electron chi connectivity index (χ0n) is 17.9. The first-order valence-electron chi connectivity index (χ1n) is 10.3. The molecule has 0 spiro atoms. The van der Waals surface area contributed by atoms with Crippen molar-refractivity contribution >= 4 is 16.1 Å². The summed E-state index contributed by atoms with van der Waals surface area (Å²) in [6.45, 7) is 8.53. The highest BCUT2D eigenvalue weighted by molar-refractivity contribution is 7.86. The number of aryl methyl sites for hydroxylation is 1. The van der Waals surface area contributed by atoms with Gasteiger partial charge in [0.05, 0.1) is 37.3 Å². The molecule has 0 atom stereocenters. The highest BCUT2D eigenvalue weighted by Crippen LogP contribution is 2.19. The molecule has 2 fully saturated rings. The van der Waals surface area contributed by atoms with Crippen molar-refractivity contribution in [1.29, 1.82) is 0 Å². The highest BCUT2D eigenvalue weighted by Gasteiger charge is 2.11. The number of ether oxygens (including phenoxy) is 1. The van der Waals surface area contributed by atoms with Gasteiger partial charge in [-0.25, -0.2) is 9.98 Å². The maximum Gasteiger partial charge on any atom is 0.296 e. The van der Waals surface area contributed by atoms with Crippen LogP contribution in [0.3, 0.4) is 0 Å². The molecule has 1 aliphatic carbocycles. The second-order valence-corrected chi connectivity index (χ2v) is 8.50. The van der Waals surface area contributed by atoms with Gasteiger partial charge >= 0.3 is 0 Å². The van der Waals surface area contributed by atoms with E-state index in [1.165, 1.54) is 44.2 Å². The van der Waals surface area contributed by atoms with Crippen LogP contribution in [0.2, 0.25) is 0 Å². The van der Waals surface area contributed by atoms with Gasteiger partial charge in [-0.2, -0.15) is 8.42 Å². The van der Waals surface area contributed by atoms with Crippen molar-refractivity contribution in [2.45, 2.75) is 56.9 Å². The molecule has 1 saturated heterocycles. The van der Waals surface area contributed by atoms with Crippen LogP contribution in [0, 0.1) is 6.92 Å². The zero-order valence-corrected chi connectivity index (χ0v) is 18.7. The highest BCUT2D eigenvalue weighted by atomic mass is 32.2. The van der Waals surface area contributed by atoms with E-state index in [9.17, 15) is 8.42 Å². The van der Waals surface area contributed by atoms with E-state index < -0.39 is 10.1 Å². The summed E-state index contributed by atoms with van der Waals surface area (Å²) in [7, 11) is -2.37. The second-order valence-electron chi connectivity index (χ2n) is 6.79. The third kappa shape index (κ3) is 11.9. The van der Waals surface area contributed by atoms with Crippen LogP contribution in [-0.4, -0.2) is 60.4 Å². The van der Waals surface area contributed by atoms with Crippen LogP contribution in [-0.2, 0) is 19.0 Å². The van der Waals surface area contributed by atoms with Crippen molar-refractivity contribution in [3.8, 4) is 0 Å². The molecule has 1 aromatic rings. The topological polar surface area (TPSA) is 89.3 Å².